The molecule has 1 aromatic carbocycles. The number of sulfonamides is 1. The van der Waals surface area contributed by atoms with E-state index in [0.717, 1.165) is 31.4 Å². The van der Waals surface area contributed by atoms with Crippen LogP contribution in [0.25, 0.3) is 0 Å². The Kier molecular flexibility index (Phi) is 5.48. The lowest BCUT2D eigenvalue weighted by Gasteiger charge is -2.23. The van der Waals surface area contributed by atoms with Crippen LogP contribution >= 0.6 is 0 Å². The van der Waals surface area contributed by atoms with Crippen molar-refractivity contribution in [2.75, 3.05) is 13.1 Å². The van der Waals surface area contributed by atoms with Crippen LogP contribution in [0.5, 0.6) is 0 Å². The summed E-state index contributed by atoms with van der Waals surface area (Å²) >= 11 is 0. The van der Waals surface area contributed by atoms with Gasteiger partial charge in [-0.15, -0.1) is 0 Å². The molecule has 26 heavy (non-hydrogen) atoms. The number of aromatic nitrogens is 1. The molecule has 1 saturated carbocycles. The number of amides is 1. The minimum Gasteiger partial charge on any atom is -0.338 e. The molecule has 1 fully saturated rings. The smallest absolute Gasteiger partial charge is 0.270 e. The van der Waals surface area contributed by atoms with E-state index in [2.05, 4.69) is 0 Å². The molecule has 1 heterocycles. The molecule has 2 aromatic rings. The van der Waals surface area contributed by atoms with E-state index >= 15 is 0 Å². The second-order valence-corrected chi connectivity index (χ2v) is 8.48. The summed E-state index contributed by atoms with van der Waals surface area (Å²) in [5.41, 5.74) is 1.36. The maximum absolute atomic E-state index is 13.1. The first-order chi connectivity index (χ1) is 12.4. The number of nitrogens with zero attached hydrogens (tertiary/aromatic N) is 2. The predicted molar refractivity (Wildman–Crippen MR) is 100 cm³/mol. The van der Waals surface area contributed by atoms with Crippen molar-refractivity contribution in [2.24, 2.45) is 11.1 Å². The quantitative estimate of drug-likeness (QED) is 0.769. The van der Waals surface area contributed by atoms with Crippen molar-refractivity contribution in [1.82, 2.24) is 9.47 Å². The van der Waals surface area contributed by atoms with Gasteiger partial charge in [0, 0.05) is 25.8 Å². The predicted octanol–water partition coefficient (Wildman–Crippen LogP) is 2.45. The number of primary sulfonamides is 1. The largest absolute Gasteiger partial charge is 0.338 e. The molecule has 1 amide bonds. The Morgan fingerprint density at radius 1 is 1.27 bits per heavy atom. The molecular weight excluding hydrogens is 350 g/mol. The third-order valence-corrected chi connectivity index (χ3v) is 5.45. The summed E-state index contributed by atoms with van der Waals surface area (Å²) in [6, 6.07) is 11.0. The Labute approximate surface area is 154 Å². The molecule has 0 unspecified atom stereocenters. The number of carbonyl (C=O) groups is 1. The van der Waals surface area contributed by atoms with Crippen LogP contribution in [0, 0.1) is 5.92 Å². The second-order valence-electron chi connectivity index (χ2n) is 6.91. The number of carbonyl (C=O) groups excluding carboxylic acids is 1. The fraction of sp³-hybridized carbons (Fsp3) is 0.421. The standard InChI is InChI=1S/C19H25N3O3S/c1-2-10-21(12-16-8-9-16)19(23)18-11-17(26(20,24)25)14-22(18)13-15-6-4-3-5-7-15/h3-7,11,14,16H,2,8-10,12-13H2,1H3,(H2,20,24,25). The highest BCUT2D eigenvalue weighted by Gasteiger charge is 2.29. The zero-order valence-electron chi connectivity index (χ0n) is 15.0. The van der Waals surface area contributed by atoms with Crippen LogP contribution in [0.2, 0.25) is 0 Å². The molecule has 1 aliphatic carbocycles. The minimum atomic E-state index is -3.87. The van der Waals surface area contributed by atoms with Crippen LogP contribution in [0.1, 0.15) is 42.2 Å². The van der Waals surface area contributed by atoms with Gasteiger partial charge in [-0.1, -0.05) is 37.3 Å². The molecular formula is C19H25N3O3S. The van der Waals surface area contributed by atoms with E-state index in [4.69, 9.17) is 5.14 Å². The van der Waals surface area contributed by atoms with E-state index in [9.17, 15) is 13.2 Å². The van der Waals surface area contributed by atoms with Crippen LogP contribution < -0.4 is 5.14 Å². The van der Waals surface area contributed by atoms with E-state index in [1.54, 1.807) is 4.57 Å². The van der Waals surface area contributed by atoms with Gasteiger partial charge in [0.25, 0.3) is 5.91 Å². The first-order valence-electron chi connectivity index (χ1n) is 8.94. The van der Waals surface area contributed by atoms with Gasteiger partial charge in [-0.2, -0.15) is 0 Å². The summed E-state index contributed by atoms with van der Waals surface area (Å²) in [6.07, 6.45) is 4.62. The molecule has 0 bridgehead atoms. The van der Waals surface area contributed by atoms with Crippen LogP contribution in [-0.4, -0.2) is 36.9 Å². The fourth-order valence-corrected chi connectivity index (χ4v) is 3.60. The summed E-state index contributed by atoms with van der Waals surface area (Å²) < 4.78 is 25.3. The van der Waals surface area contributed by atoms with Gasteiger partial charge in [0.2, 0.25) is 10.0 Å². The second kappa shape index (κ2) is 7.63. The van der Waals surface area contributed by atoms with Gasteiger partial charge >= 0.3 is 0 Å². The Bertz CT molecular complexity index is 871. The van der Waals surface area contributed by atoms with Crippen LogP contribution in [-0.2, 0) is 16.6 Å². The Balaban J connectivity index is 1.94. The van der Waals surface area contributed by atoms with Gasteiger partial charge in [-0.25, -0.2) is 13.6 Å². The van der Waals surface area contributed by atoms with E-state index in [0.29, 0.717) is 24.7 Å². The van der Waals surface area contributed by atoms with Gasteiger partial charge in [-0.05, 0) is 36.8 Å². The highest BCUT2D eigenvalue weighted by atomic mass is 32.2. The summed E-state index contributed by atoms with van der Waals surface area (Å²) in [7, 11) is -3.87. The Hall–Kier alpha value is -2.12. The van der Waals surface area contributed by atoms with Gasteiger partial charge in [0.1, 0.15) is 10.6 Å². The van der Waals surface area contributed by atoms with Gasteiger partial charge in [-0.3, -0.25) is 4.79 Å². The lowest BCUT2D eigenvalue weighted by atomic mass is 10.2. The summed E-state index contributed by atoms with van der Waals surface area (Å²) in [5.74, 6) is 0.435. The first kappa shape index (κ1) is 18.7. The zero-order valence-corrected chi connectivity index (χ0v) is 15.8. The summed E-state index contributed by atoms with van der Waals surface area (Å²) in [6.45, 7) is 3.84. The normalized spacial score (nSPS) is 14.4. The van der Waals surface area contributed by atoms with E-state index in [-0.39, 0.29) is 10.8 Å². The maximum atomic E-state index is 13.1. The lowest BCUT2D eigenvalue weighted by molar-refractivity contribution is 0.0737. The van der Waals surface area contributed by atoms with E-state index < -0.39 is 10.0 Å². The van der Waals surface area contributed by atoms with Crippen molar-refractivity contribution in [2.45, 2.75) is 37.6 Å². The van der Waals surface area contributed by atoms with Gasteiger partial charge in [0.05, 0.1) is 0 Å². The third-order valence-electron chi connectivity index (χ3n) is 4.57. The molecule has 2 N–H and O–H groups in total. The summed E-state index contributed by atoms with van der Waals surface area (Å²) in [5, 5.41) is 5.29. The van der Waals surface area contributed by atoms with Crippen molar-refractivity contribution in [1.29, 1.82) is 0 Å². The molecule has 0 atom stereocenters. The molecule has 0 spiro atoms. The number of hydrogen-bond donors (Lipinski definition) is 1. The lowest BCUT2D eigenvalue weighted by Crippen LogP contribution is -2.35. The molecule has 0 radical (unpaired) electrons. The third kappa shape index (κ3) is 4.53. The van der Waals surface area contributed by atoms with Crippen molar-refractivity contribution in [3.8, 4) is 0 Å². The van der Waals surface area contributed by atoms with Crippen molar-refractivity contribution >= 4 is 15.9 Å². The maximum Gasteiger partial charge on any atom is 0.270 e. The monoisotopic (exact) mass is 375 g/mol. The van der Waals surface area contributed by atoms with E-state index in [1.807, 2.05) is 42.2 Å². The SMILES string of the molecule is CCCN(CC1CC1)C(=O)c1cc(S(N)(=O)=O)cn1Cc1ccccc1. The van der Waals surface area contributed by atoms with Crippen LogP contribution in [0.3, 0.4) is 0 Å². The molecule has 1 aliphatic rings. The Morgan fingerprint density at radius 3 is 2.54 bits per heavy atom. The molecule has 140 valence electrons. The highest BCUT2D eigenvalue weighted by Crippen LogP contribution is 2.30. The van der Waals surface area contributed by atoms with Crippen molar-refractivity contribution in [3.63, 3.8) is 0 Å². The zero-order chi connectivity index (χ0) is 18.7. The van der Waals surface area contributed by atoms with E-state index in [1.165, 1.54) is 12.3 Å². The van der Waals surface area contributed by atoms with Crippen molar-refractivity contribution < 1.29 is 13.2 Å². The number of rotatable bonds is 8. The molecule has 0 aliphatic heterocycles. The van der Waals surface area contributed by atoms with Crippen LogP contribution in [0.15, 0.2) is 47.5 Å². The molecule has 3 rings (SSSR count). The number of hydrogen-bond acceptors (Lipinski definition) is 3. The number of nitrogens with two attached hydrogens (primary N) is 1. The fourth-order valence-electron chi connectivity index (χ4n) is 3.05. The molecule has 7 heteroatoms. The average Bonchev–Trinajstić information content (AvgIpc) is 3.31. The average molecular weight is 375 g/mol. The summed E-state index contributed by atoms with van der Waals surface area (Å²) in [4.78, 5) is 14.9. The highest BCUT2D eigenvalue weighted by molar-refractivity contribution is 7.89. The van der Waals surface area contributed by atoms with Crippen LogP contribution in [0.4, 0.5) is 0 Å². The first-order valence-corrected chi connectivity index (χ1v) is 10.5. The van der Waals surface area contributed by atoms with Gasteiger partial charge in [0.15, 0.2) is 0 Å². The molecule has 6 nitrogen and oxygen atoms in total. The molecule has 1 aromatic heterocycles. The van der Waals surface area contributed by atoms with Gasteiger partial charge < -0.3 is 9.47 Å². The number of benzene rings is 1. The topological polar surface area (TPSA) is 85.4 Å². The van der Waals surface area contributed by atoms with Crippen molar-refractivity contribution in [3.05, 3.63) is 53.9 Å². The minimum absolute atomic E-state index is 0.0281. The Morgan fingerprint density at radius 2 is 1.96 bits per heavy atom. The molecule has 0 saturated heterocycles.